The highest BCUT2D eigenvalue weighted by molar-refractivity contribution is 7.99. The van der Waals surface area contributed by atoms with Crippen LogP contribution in [-0.4, -0.2) is 35.1 Å². The smallest absolute Gasteiger partial charge is 0.242 e. The maximum Gasteiger partial charge on any atom is 0.242 e. The summed E-state index contributed by atoms with van der Waals surface area (Å²) in [6.07, 6.45) is 0. The molecule has 0 saturated carbocycles. The highest BCUT2D eigenvalue weighted by Crippen LogP contribution is 2.18. The molecule has 1 N–H and O–H groups in total. The van der Waals surface area contributed by atoms with E-state index < -0.39 is 6.04 Å². The molecule has 2 amide bonds. The quantitative estimate of drug-likeness (QED) is 0.656. The average Bonchev–Trinajstić information content (AvgIpc) is 2.68. The van der Waals surface area contributed by atoms with Gasteiger partial charge in [0.25, 0.3) is 0 Å². The van der Waals surface area contributed by atoms with E-state index in [0.29, 0.717) is 29.4 Å². The lowest BCUT2D eigenvalue weighted by Crippen LogP contribution is -2.48. The average molecular weight is 423 g/mol. The van der Waals surface area contributed by atoms with Crippen LogP contribution in [0.3, 0.4) is 0 Å². The molecule has 0 unspecified atom stereocenters. The van der Waals surface area contributed by atoms with E-state index in [1.807, 2.05) is 19.1 Å². The van der Waals surface area contributed by atoms with Gasteiger partial charge in [-0.05, 0) is 43.2 Å². The van der Waals surface area contributed by atoms with Crippen molar-refractivity contribution in [3.63, 3.8) is 0 Å². The molecular weight excluding hydrogens is 399 g/mol. The van der Waals surface area contributed by atoms with Crippen molar-refractivity contribution in [3.05, 3.63) is 70.5 Å². The van der Waals surface area contributed by atoms with E-state index >= 15 is 0 Å². The minimum absolute atomic E-state index is 0.158. The first-order valence-corrected chi connectivity index (χ1v) is 10.6. The molecule has 0 aromatic heterocycles. The maximum atomic E-state index is 13.7. The molecule has 0 radical (unpaired) electrons. The van der Waals surface area contributed by atoms with Gasteiger partial charge in [-0.15, -0.1) is 11.8 Å². The fraction of sp³-hybridized carbons (Fsp3) is 0.333. The lowest BCUT2D eigenvalue weighted by atomic mass is 10.1. The number of carbonyl (C=O) groups excluding carboxylic acids is 2. The minimum Gasteiger partial charge on any atom is -0.355 e. The Hall–Kier alpha value is -2.05. The van der Waals surface area contributed by atoms with Crippen LogP contribution in [0.1, 0.15) is 25.0 Å². The van der Waals surface area contributed by atoms with Crippen LogP contribution in [0.2, 0.25) is 5.02 Å². The van der Waals surface area contributed by atoms with Crippen molar-refractivity contribution in [1.29, 1.82) is 0 Å². The van der Waals surface area contributed by atoms with E-state index in [1.54, 1.807) is 42.2 Å². The van der Waals surface area contributed by atoms with E-state index in [-0.39, 0.29) is 23.4 Å². The maximum absolute atomic E-state index is 13.7. The molecule has 0 aliphatic rings. The predicted octanol–water partition coefficient (Wildman–Crippen LogP) is 4.27. The van der Waals surface area contributed by atoms with Crippen LogP contribution < -0.4 is 5.32 Å². The second-order valence-corrected chi connectivity index (χ2v) is 7.72. The van der Waals surface area contributed by atoms with Crippen LogP contribution in [0, 0.1) is 5.82 Å². The van der Waals surface area contributed by atoms with Crippen LogP contribution in [0.25, 0.3) is 0 Å². The number of thioether (sulfide) groups is 1. The fourth-order valence-corrected chi connectivity index (χ4v) is 3.66. The van der Waals surface area contributed by atoms with Gasteiger partial charge in [-0.3, -0.25) is 9.59 Å². The number of carbonyl (C=O) groups is 2. The predicted molar refractivity (Wildman–Crippen MR) is 113 cm³/mol. The van der Waals surface area contributed by atoms with Gasteiger partial charge >= 0.3 is 0 Å². The van der Waals surface area contributed by atoms with E-state index in [9.17, 15) is 14.0 Å². The first-order chi connectivity index (χ1) is 13.4. The van der Waals surface area contributed by atoms with Gasteiger partial charge in [0.2, 0.25) is 11.8 Å². The molecule has 0 aliphatic carbocycles. The molecule has 2 rings (SSSR count). The number of halogens is 2. The topological polar surface area (TPSA) is 49.4 Å². The second kappa shape index (κ2) is 11.1. The number of amides is 2. The van der Waals surface area contributed by atoms with Crippen molar-refractivity contribution >= 4 is 35.2 Å². The molecule has 7 heteroatoms. The standard InChI is InChI=1S/C21H24ClFN2O2S/c1-3-24-21(27)15(2)25(12-16-8-10-18(22)11-9-16)20(26)14-28-13-17-6-4-5-7-19(17)23/h4-11,15H,3,12-14H2,1-2H3,(H,24,27)/t15-/m0/s1. The molecule has 2 aromatic rings. The Kier molecular flexibility index (Phi) is 8.80. The zero-order chi connectivity index (χ0) is 20.5. The number of hydrogen-bond acceptors (Lipinski definition) is 3. The number of nitrogens with zero attached hydrogens (tertiary/aromatic N) is 1. The van der Waals surface area contributed by atoms with Gasteiger partial charge in [0.1, 0.15) is 11.9 Å². The van der Waals surface area contributed by atoms with Gasteiger partial charge in [-0.2, -0.15) is 0 Å². The third kappa shape index (κ3) is 6.53. The van der Waals surface area contributed by atoms with Gasteiger partial charge in [0.05, 0.1) is 5.75 Å². The third-order valence-corrected chi connectivity index (χ3v) is 5.44. The minimum atomic E-state index is -0.614. The number of rotatable bonds is 9. The molecule has 0 aliphatic heterocycles. The zero-order valence-corrected chi connectivity index (χ0v) is 17.5. The summed E-state index contributed by atoms with van der Waals surface area (Å²) in [5, 5.41) is 3.36. The van der Waals surface area contributed by atoms with E-state index in [4.69, 9.17) is 11.6 Å². The SMILES string of the molecule is CCNC(=O)[C@H](C)N(Cc1ccc(Cl)cc1)C(=O)CSCc1ccccc1F. The van der Waals surface area contributed by atoms with Crippen LogP contribution >= 0.6 is 23.4 Å². The molecule has 0 fully saturated rings. The fourth-order valence-electron chi connectivity index (χ4n) is 2.64. The Morgan fingerprint density at radius 3 is 2.50 bits per heavy atom. The summed E-state index contributed by atoms with van der Waals surface area (Å²) in [5.74, 6) is -0.107. The number of benzene rings is 2. The first kappa shape index (κ1) is 22.2. The molecule has 0 saturated heterocycles. The summed E-state index contributed by atoms with van der Waals surface area (Å²) in [4.78, 5) is 26.7. The van der Waals surface area contributed by atoms with Gasteiger partial charge in [-0.1, -0.05) is 41.9 Å². The zero-order valence-electron chi connectivity index (χ0n) is 16.0. The molecular formula is C21H24ClFN2O2S. The Morgan fingerprint density at radius 1 is 1.18 bits per heavy atom. The Labute approximate surface area is 174 Å². The summed E-state index contributed by atoms with van der Waals surface area (Å²) in [5.41, 5.74) is 1.44. The normalized spacial score (nSPS) is 11.7. The van der Waals surface area contributed by atoms with Gasteiger partial charge < -0.3 is 10.2 Å². The molecule has 2 aromatic carbocycles. The summed E-state index contributed by atoms with van der Waals surface area (Å²) in [7, 11) is 0. The third-order valence-electron chi connectivity index (χ3n) is 4.23. The van der Waals surface area contributed by atoms with E-state index in [1.165, 1.54) is 17.8 Å². The first-order valence-electron chi connectivity index (χ1n) is 9.05. The Bertz CT molecular complexity index is 801. The van der Waals surface area contributed by atoms with Crippen LogP contribution in [-0.2, 0) is 21.9 Å². The summed E-state index contributed by atoms with van der Waals surface area (Å²) in [6, 6.07) is 13.1. The number of hydrogen-bond donors (Lipinski definition) is 1. The van der Waals surface area contributed by atoms with Crippen LogP contribution in [0.4, 0.5) is 4.39 Å². The highest BCUT2D eigenvalue weighted by atomic mass is 35.5. The van der Waals surface area contributed by atoms with E-state index in [2.05, 4.69) is 5.32 Å². The molecule has 28 heavy (non-hydrogen) atoms. The van der Waals surface area contributed by atoms with Gasteiger partial charge in [0, 0.05) is 23.9 Å². The molecule has 4 nitrogen and oxygen atoms in total. The molecule has 0 spiro atoms. The van der Waals surface area contributed by atoms with E-state index in [0.717, 1.165) is 5.56 Å². The van der Waals surface area contributed by atoms with Crippen molar-refractivity contribution in [2.75, 3.05) is 12.3 Å². The van der Waals surface area contributed by atoms with Crippen LogP contribution in [0.5, 0.6) is 0 Å². The largest absolute Gasteiger partial charge is 0.355 e. The number of likely N-dealkylation sites (N-methyl/N-ethyl adjacent to an activating group) is 1. The molecule has 150 valence electrons. The van der Waals surface area contributed by atoms with Gasteiger partial charge in [0.15, 0.2) is 0 Å². The summed E-state index contributed by atoms with van der Waals surface area (Å²) in [6.45, 7) is 4.34. The molecule has 0 heterocycles. The number of nitrogens with one attached hydrogen (secondary N) is 1. The monoisotopic (exact) mass is 422 g/mol. The lowest BCUT2D eigenvalue weighted by molar-refractivity contribution is -0.138. The Balaban J connectivity index is 2.05. The summed E-state index contributed by atoms with van der Waals surface area (Å²) >= 11 is 7.25. The van der Waals surface area contributed by atoms with Gasteiger partial charge in [-0.25, -0.2) is 4.39 Å². The molecule has 0 bridgehead atoms. The molecule has 1 atom stereocenters. The van der Waals surface area contributed by atoms with Crippen LogP contribution in [0.15, 0.2) is 48.5 Å². The lowest BCUT2D eigenvalue weighted by Gasteiger charge is -2.28. The summed E-state index contributed by atoms with van der Waals surface area (Å²) < 4.78 is 13.7. The van der Waals surface area contributed by atoms with Crippen molar-refractivity contribution in [2.24, 2.45) is 0 Å². The second-order valence-electron chi connectivity index (χ2n) is 6.30. The van der Waals surface area contributed by atoms with Crippen molar-refractivity contribution in [2.45, 2.75) is 32.2 Å². The van der Waals surface area contributed by atoms with Crippen molar-refractivity contribution in [3.8, 4) is 0 Å². The van der Waals surface area contributed by atoms with Crippen molar-refractivity contribution < 1.29 is 14.0 Å². The Morgan fingerprint density at radius 2 is 1.86 bits per heavy atom. The van der Waals surface area contributed by atoms with Crippen molar-refractivity contribution in [1.82, 2.24) is 10.2 Å². The highest BCUT2D eigenvalue weighted by Gasteiger charge is 2.25.